The minimum absolute atomic E-state index is 0. The number of benzene rings is 5. The van der Waals surface area contributed by atoms with E-state index < -0.39 is 0 Å². The predicted octanol–water partition coefficient (Wildman–Crippen LogP) is 13.7. The second kappa shape index (κ2) is 15.3. The van der Waals surface area contributed by atoms with Crippen LogP contribution in [-0.4, -0.2) is 4.98 Å². The molecule has 0 aliphatic heterocycles. The smallest absolute Gasteiger partial charge is 0.0533 e. The molecule has 0 N–H and O–H groups in total. The van der Waals surface area contributed by atoms with Crippen LogP contribution >= 0.6 is 0 Å². The Hall–Kier alpha value is -4.76. The first-order valence-corrected chi connectivity index (χ1v) is 18.5. The minimum atomic E-state index is 0. The Morgan fingerprint density at radius 3 is 1.74 bits per heavy atom. The van der Waals surface area contributed by atoms with Crippen molar-refractivity contribution in [1.29, 1.82) is 0 Å². The summed E-state index contributed by atoms with van der Waals surface area (Å²) >= 11 is 0. The van der Waals surface area contributed by atoms with E-state index >= 15 is 0 Å². The Morgan fingerprint density at radius 1 is 0.642 bits per heavy atom. The van der Waals surface area contributed by atoms with Gasteiger partial charge < -0.3 is 14.8 Å². The molecule has 6 aromatic rings. The monoisotopic (exact) mass is 873 g/mol. The molecule has 0 saturated carbocycles. The number of hydrogen-bond donors (Lipinski definition) is 0. The SMILES string of the molecule is Cc1ccc(N(C2=CCC(C)C=C2)c2cccc3c(-c4[c-]cc(N(c5ccc(C(C)(C)C)cc5)c5ccc(C(C)(C)C)cc5)cc4)nccc23)cc1.[Ir]. The molecule has 1 aromatic heterocycles. The number of rotatable bonds is 7. The summed E-state index contributed by atoms with van der Waals surface area (Å²) in [5.41, 5.74) is 12.7. The molecule has 0 saturated heterocycles. The Morgan fingerprint density at radius 2 is 1.21 bits per heavy atom. The van der Waals surface area contributed by atoms with Crippen LogP contribution in [0.5, 0.6) is 0 Å². The molecule has 0 amide bonds. The summed E-state index contributed by atoms with van der Waals surface area (Å²) in [6.07, 6.45) is 9.89. The van der Waals surface area contributed by atoms with Crippen LogP contribution in [0.1, 0.15) is 71.6 Å². The van der Waals surface area contributed by atoms with Crippen molar-refractivity contribution < 1.29 is 20.1 Å². The molecule has 1 radical (unpaired) electrons. The first kappa shape index (κ1) is 38.0. The summed E-state index contributed by atoms with van der Waals surface area (Å²) in [7, 11) is 0. The van der Waals surface area contributed by atoms with Gasteiger partial charge in [0.2, 0.25) is 0 Å². The maximum absolute atomic E-state index is 4.95. The van der Waals surface area contributed by atoms with Crippen LogP contribution in [0.4, 0.5) is 28.4 Å². The maximum atomic E-state index is 4.95. The molecule has 1 aliphatic rings. The fourth-order valence-electron chi connectivity index (χ4n) is 6.97. The molecule has 1 aliphatic carbocycles. The van der Waals surface area contributed by atoms with Crippen molar-refractivity contribution in [2.75, 3.05) is 9.80 Å². The first-order chi connectivity index (χ1) is 24.9. The van der Waals surface area contributed by atoms with E-state index in [2.05, 4.69) is 205 Å². The van der Waals surface area contributed by atoms with Crippen molar-refractivity contribution in [2.45, 2.75) is 72.6 Å². The zero-order valence-electron chi connectivity index (χ0n) is 32.2. The van der Waals surface area contributed by atoms with Gasteiger partial charge in [0.15, 0.2) is 0 Å². The van der Waals surface area contributed by atoms with E-state index in [4.69, 9.17) is 4.98 Å². The van der Waals surface area contributed by atoms with Crippen molar-refractivity contribution >= 4 is 39.2 Å². The van der Waals surface area contributed by atoms with Crippen molar-refractivity contribution in [3.63, 3.8) is 0 Å². The number of pyridine rings is 1. The number of hydrogen-bond acceptors (Lipinski definition) is 3. The van der Waals surface area contributed by atoms with Crippen molar-refractivity contribution in [2.24, 2.45) is 5.92 Å². The van der Waals surface area contributed by atoms with Gasteiger partial charge in [0, 0.05) is 54.4 Å². The Labute approximate surface area is 330 Å². The van der Waals surface area contributed by atoms with Crippen molar-refractivity contribution in [3.8, 4) is 11.3 Å². The Balaban J connectivity index is 0.00000481. The molecule has 5 aromatic carbocycles. The molecule has 4 heteroatoms. The number of anilines is 5. The van der Waals surface area contributed by atoms with E-state index in [1.54, 1.807) is 0 Å². The number of nitrogens with zero attached hydrogens (tertiary/aromatic N) is 3. The van der Waals surface area contributed by atoms with E-state index in [1.807, 2.05) is 6.20 Å². The molecule has 1 heterocycles. The molecule has 0 spiro atoms. The zero-order valence-corrected chi connectivity index (χ0v) is 34.6. The van der Waals surface area contributed by atoms with Gasteiger partial charge in [0.25, 0.3) is 0 Å². The van der Waals surface area contributed by atoms with E-state index in [9.17, 15) is 0 Å². The second-order valence-corrected chi connectivity index (χ2v) is 16.3. The predicted molar refractivity (Wildman–Crippen MR) is 222 cm³/mol. The van der Waals surface area contributed by atoms with Crippen molar-refractivity contribution in [1.82, 2.24) is 4.98 Å². The number of allylic oxidation sites excluding steroid dienone is 3. The molecule has 1 atom stereocenters. The molecule has 7 rings (SSSR count). The normalized spacial score (nSPS) is 14.4. The topological polar surface area (TPSA) is 19.4 Å². The van der Waals surface area contributed by atoms with Crippen LogP contribution in [0.25, 0.3) is 22.0 Å². The van der Waals surface area contributed by atoms with Gasteiger partial charge in [0.1, 0.15) is 0 Å². The standard InChI is InChI=1S/C49H50N3.Ir/c1-34-12-22-42(23-13-34)52(43-24-14-35(2)15-25-43)46-11-9-10-45-44(46)32-33-50-47(45)36-16-26-39(27-17-36)51(40-28-18-37(19-29-40)48(3,4)5)41-30-20-38(21-31-41)49(6,7)8;/h9-14,16,18-33,35H,15H2,1-8H3;/q-1;. The zero-order chi connectivity index (χ0) is 36.6. The quantitative estimate of drug-likeness (QED) is 0.149. The van der Waals surface area contributed by atoms with Crippen LogP contribution in [0.2, 0.25) is 0 Å². The second-order valence-electron chi connectivity index (χ2n) is 16.3. The minimum Gasteiger partial charge on any atom is -0.352 e. The number of fused-ring (bicyclic) bond motifs is 1. The summed E-state index contributed by atoms with van der Waals surface area (Å²) in [5, 5.41) is 2.25. The van der Waals surface area contributed by atoms with Gasteiger partial charge in [0.05, 0.1) is 5.69 Å². The number of aryl methyl sites for hydroxylation is 1. The summed E-state index contributed by atoms with van der Waals surface area (Å²) in [4.78, 5) is 9.65. The molecule has 0 fully saturated rings. The van der Waals surface area contributed by atoms with Crippen LogP contribution < -0.4 is 9.80 Å². The molecular weight excluding hydrogens is 823 g/mol. The van der Waals surface area contributed by atoms with E-state index in [0.29, 0.717) is 5.92 Å². The van der Waals surface area contributed by atoms with Gasteiger partial charge in [-0.25, -0.2) is 0 Å². The molecule has 3 nitrogen and oxygen atoms in total. The van der Waals surface area contributed by atoms with Crippen LogP contribution in [0.15, 0.2) is 145 Å². The molecule has 53 heavy (non-hydrogen) atoms. The van der Waals surface area contributed by atoms with E-state index in [1.165, 1.54) is 22.4 Å². The fraction of sp³-hybridized carbons (Fsp3) is 0.245. The van der Waals surface area contributed by atoms with E-state index in [-0.39, 0.29) is 30.9 Å². The van der Waals surface area contributed by atoms with Crippen LogP contribution in [0.3, 0.4) is 0 Å². The third kappa shape index (κ3) is 8.10. The molecule has 1 unspecified atom stereocenters. The van der Waals surface area contributed by atoms with Crippen LogP contribution in [-0.2, 0) is 30.9 Å². The molecule has 271 valence electrons. The Kier molecular flexibility index (Phi) is 11.0. The first-order valence-electron chi connectivity index (χ1n) is 18.5. The average Bonchev–Trinajstić information content (AvgIpc) is 3.13. The molecular formula is C49H50IrN3-. The maximum Gasteiger partial charge on any atom is 0.0533 e. The Bertz CT molecular complexity index is 2180. The summed E-state index contributed by atoms with van der Waals surface area (Å²) < 4.78 is 0. The molecule has 0 bridgehead atoms. The van der Waals surface area contributed by atoms with Gasteiger partial charge in [-0.3, -0.25) is 0 Å². The van der Waals surface area contributed by atoms with Gasteiger partial charge in [-0.05, 0) is 113 Å². The van der Waals surface area contributed by atoms with Gasteiger partial charge in [-0.1, -0.05) is 115 Å². The average molecular weight is 873 g/mol. The van der Waals surface area contributed by atoms with Gasteiger partial charge >= 0.3 is 0 Å². The largest absolute Gasteiger partial charge is 0.352 e. The van der Waals surface area contributed by atoms with Gasteiger partial charge in [-0.15, -0.1) is 29.8 Å². The van der Waals surface area contributed by atoms with Gasteiger partial charge in [-0.2, -0.15) is 0 Å². The summed E-state index contributed by atoms with van der Waals surface area (Å²) in [6.45, 7) is 17.9. The third-order valence-corrected chi connectivity index (χ3v) is 10.2. The summed E-state index contributed by atoms with van der Waals surface area (Å²) in [6, 6.07) is 45.6. The summed E-state index contributed by atoms with van der Waals surface area (Å²) in [5.74, 6) is 0.534. The van der Waals surface area contributed by atoms with Crippen molar-refractivity contribution in [3.05, 3.63) is 168 Å². The fourth-order valence-corrected chi connectivity index (χ4v) is 6.97. The van der Waals surface area contributed by atoms with E-state index in [0.717, 1.165) is 56.9 Å². The number of aromatic nitrogens is 1. The van der Waals surface area contributed by atoms with Crippen LogP contribution in [0, 0.1) is 18.9 Å². The third-order valence-electron chi connectivity index (χ3n) is 10.2.